The van der Waals surface area contributed by atoms with E-state index in [1.54, 1.807) is 12.1 Å². The second-order valence-electron chi connectivity index (χ2n) is 8.13. The van der Waals surface area contributed by atoms with Gasteiger partial charge in [-0.05, 0) is 53.6 Å². The number of halogens is 1. The average Bonchev–Trinajstić information content (AvgIpc) is 2.90. The van der Waals surface area contributed by atoms with E-state index in [2.05, 4.69) is 10.6 Å². The van der Waals surface area contributed by atoms with Crippen LogP contribution in [0.1, 0.15) is 26.7 Å². The molecule has 1 unspecified atom stereocenters. The Morgan fingerprint density at radius 1 is 0.811 bits per heavy atom. The second kappa shape index (κ2) is 12.3. The smallest absolute Gasteiger partial charge is 0.335 e. The molecule has 37 heavy (non-hydrogen) atoms. The summed E-state index contributed by atoms with van der Waals surface area (Å²) in [6.07, 6.45) is 0.277. The first-order chi connectivity index (χ1) is 17.9. The SMILES string of the molecule is O=C(Cc1ccccc1)Nc1ccc(SC(C(=O)Nc2cc(C(=O)O)ccc2Cl)c2ccccc2)cc1. The fourth-order valence-electron chi connectivity index (χ4n) is 3.59. The zero-order valence-electron chi connectivity index (χ0n) is 19.6. The first-order valence-electron chi connectivity index (χ1n) is 11.4. The van der Waals surface area contributed by atoms with E-state index in [-0.39, 0.29) is 34.5 Å². The number of aromatic carboxylic acids is 1. The van der Waals surface area contributed by atoms with Gasteiger partial charge in [0.05, 0.1) is 22.7 Å². The Bertz CT molecular complexity index is 1400. The van der Waals surface area contributed by atoms with Gasteiger partial charge in [0.15, 0.2) is 0 Å². The summed E-state index contributed by atoms with van der Waals surface area (Å²) in [6, 6.07) is 30.2. The maximum Gasteiger partial charge on any atom is 0.335 e. The van der Waals surface area contributed by atoms with Crippen LogP contribution >= 0.6 is 23.4 Å². The van der Waals surface area contributed by atoms with Crippen LogP contribution in [-0.2, 0) is 16.0 Å². The normalized spacial score (nSPS) is 11.4. The molecule has 4 aromatic carbocycles. The number of amides is 2. The van der Waals surface area contributed by atoms with Gasteiger partial charge in [-0.15, -0.1) is 11.8 Å². The lowest BCUT2D eigenvalue weighted by Gasteiger charge is -2.18. The number of carbonyl (C=O) groups excluding carboxylic acids is 2. The minimum atomic E-state index is -1.11. The molecule has 1 atom stereocenters. The van der Waals surface area contributed by atoms with Gasteiger partial charge in [0, 0.05) is 10.6 Å². The molecule has 6 nitrogen and oxygen atoms in total. The molecule has 0 radical (unpaired) electrons. The Morgan fingerprint density at radius 2 is 1.46 bits per heavy atom. The highest BCUT2D eigenvalue weighted by Crippen LogP contribution is 2.37. The van der Waals surface area contributed by atoms with Gasteiger partial charge in [-0.2, -0.15) is 0 Å². The third-order valence-electron chi connectivity index (χ3n) is 5.41. The summed E-state index contributed by atoms with van der Waals surface area (Å²) in [5, 5.41) is 14.5. The van der Waals surface area contributed by atoms with Crippen molar-refractivity contribution in [1.82, 2.24) is 0 Å². The Morgan fingerprint density at radius 3 is 2.11 bits per heavy atom. The summed E-state index contributed by atoms with van der Waals surface area (Å²) in [5.41, 5.74) is 2.61. The molecule has 0 bridgehead atoms. The Kier molecular flexibility index (Phi) is 8.61. The van der Waals surface area contributed by atoms with E-state index < -0.39 is 11.2 Å². The van der Waals surface area contributed by atoms with Gasteiger partial charge >= 0.3 is 5.97 Å². The molecule has 0 spiro atoms. The molecule has 0 saturated carbocycles. The van der Waals surface area contributed by atoms with Crippen molar-refractivity contribution in [3.05, 3.63) is 125 Å². The lowest BCUT2D eigenvalue weighted by Crippen LogP contribution is -2.19. The predicted octanol–water partition coefficient (Wildman–Crippen LogP) is 6.69. The Hall–Kier alpha value is -4.07. The molecular formula is C29H23ClN2O4S. The number of rotatable bonds is 9. The van der Waals surface area contributed by atoms with E-state index in [1.165, 1.54) is 30.0 Å². The van der Waals surface area contributed by atoms with Crippen LogP contribution in [0, 0.1) is 0 Å². The van der Waals surface area contributed by atoms with E-state index in [0.717, 1.165) is 16.0 Å². The summed E-state index contributed by atoms with van der Waals surface area (Å²) < 4.78 is 0. The highest BCUT2D eigenvalue weighted by Gasteiger charge is 2.23. The monoisotopic (exact) mass is 530 g/mol. The third kappa shape index (κ3) is 7.22. The van der Waals surface area contributed by atoms with Crippen LogP contribution in [0.5, 0.6) is 0 Å². The highest BCUT2D eigenvalue weighted by molar-refractivity contribution is 8.00. The molecule has 0 aliphatic heterocycles. The van der Waals surface area contributed by atoms with Crippen LogP contribution in [0.3, 0.4) is 0 Å². The minimum absolute atomic E-state index is 0.0218. The average molecular weight is 531 g/mol. The number of hydrogen-bond acceptors (Lipinski definition) is 4. The second-order valence-corrected chi connectivity index (χ2v) is 9.72. The van der Waals surface area contributed by atoms with Crippen molar-refractivity contribution >= 4 is 52.5 Å². The van der Waals surface area contributed by atoms with Gasteiger partial charge in [0.2, 0.25) is 11.8 Å². The van der Waals surface area contributed by atoms with Crippen LogP contribution in [0.2, 0.25) is 5.02 Å². The summed E-state index contributed by atoms with van der Waals surface area (Å²) in [7, 11) is 0. The minimum Gasteiger partial charge on any atom is -0.478 e. The molecule has 0 aromatic heterocycles. The van der Waals surface area contributed by atoms with Gasteiger partial charge in [-0.3, -0.25) is 9.59 Å². The molecule has 3 N–H and O–H groups in total. The Balaban J connectivity index is 1.48. The number of hydrogen-bond donors (Lipinski definition) is 3. The molecule has 2 amide bonds. The number of nitrogens with one attached hydrogen (secondary N) is 2. The fourth-order valence-corrected chi connectivity index (χ4v) is 4.78. The van der Waals surface area contributed by atoms with Gasteiger partial charge in [0.25, 0.3) is 0 Å². The quantitative estimate of drug-likeness (QED) is 0.209. The van der Waals surface area contributed by atoms with Gasteiger partial charge in [-0.25, -0.2) is 4.79 Å². The van der Waals surface area contributed by atoms with E-state index in [1.807, 2.05) is 72.8 Å². The Labute approximate surface area is 223 Å². The molecule has 8 heteroatoms. The number of carbonyl (C=O) groups is 3. The highest BCUT2D eigenvalue weighted by atomic mass is 35.5. The lowest BCUT2D eigenvalue weighted by molar-refractivity contribution is -0.116. The third-order valence-corrected chi connectivity index (χ3v) is 7.01. The van der Waals surface area contributed by atoms with Crippen molar-refractivity contribution < 1.29 is 19.5 Å². The topological polar surface area (TPSA) is 95.5 Å². The number of carboxylic acid groups (broad SMARTS) is 1. The van der Waals surface area contributed by atoms with Gasteiger partial charge in [-0.1, -0.05) is 72.3 Å². The van der Waals surface area contributed by atoms with Crippen LogP contribution in [-0.4, -0.2) is 22.9 Å². The number of thioether (sulfide) groups is 1. The van der Waals surface area contributed by atoms with Crippen LogP contribution in [0.4, 0.5) is 11.4 Å². The van der Waals surface area contributed by atoms with Crippen molar-refractivity contribution in [2.24, 2.45) is 0 Å². The molecule has 0 aliphatic carbocycles. The van der Waals surface area contributed by atoms with Crippen LogP contribution in [0.25, 0.3) is 0 Å². The van der Waals surface area contributed by atoms with Crippen LogP contribution < -0.4 is 10.6 Å². The van der Waals surface area contributed by atoms with E-state index in [0.29, 0.717) is 5.69 Å². The molecule has 0 fully saturated rings. The van der Waals surface area contributed by atoms with E-state index in [9.17, 15) is 19.5 Å². The first kappa shape index (κ1) is 26.0. The summed E-state index contributed by atoms with van der Waals surface area (Å²) in [4.78, 5) is 37.9. The predicted molar refractivity (Wildman–Crippen MR) is 147 cm³/mol. The lowest BCUT2D eigenvalue weighted by atomic mass is 10.1. The van der Waals surface area contributed by atoms with Gasteiger partial charge < -0.3 is 15.7 Å². The number of anilines is 2. The summed E-state index contributed by atoms with van der Waals surface area (Å²) in [6.45, 7) is 0. The molecule has 0 heterocycles. The summed E-state index contributed by atoms with van der Waals surface area (Å²) >= 11 is 7.55. The molecule has 4 rings (SSSR count). The van der Waals surface area contributed by atoms with E-state index in [4.69, 9.17) is 11.6 Å². The zero-order valence-corrected chi connectivity index (χ0v) is 21.1. The fraction of sp³-hybridized carbons (Fsp3) is 0.0690. The van der Waals surface area contributed by atoms with Crippen molar-refractivity contribution in [1.29, 1.82) is 0 Å². The molecule has 0 saturated heterocycles. The number of carboxylic acids is 1. The molecule has 4 aromatic rings. The largest absolute Gasteiger partial charge is 0.478 e. The standard InChI is InChI=1S/C29H23ClN2O4S/c30-24-16-11-21(29(35)36)18-25(24)32-28(34)27(20-9-5-2-6-10-20)37-23-14-12-22(13-15-23)31-26(33)17-19-7-3-1-4-8-19/h1-16,18,27H,17H2,(H,31,33)(H,32,34)(H,35,36). The first-order valence-corrected chi connectivity index (χ1v) is 12.6. The zero-order chi connectivity index (χ0) is 26.2. The molecule has 186 valence electrons. The van der Waals surface area contributed by atoms with Crippen LogP contribution in [0.15, 0.2) is 108 Å². The number of benzene rings is 4. The van der Waals surface area contributed by atoms with Gasteiger partial charge in [0.1, 0.15) is 5.25 Å². The van der Waals surface area contributed by atoms with Crippen molar-refractivity contribution in [3.8, 4) is 0 Å². The van der Waals surface area contributed by atoms with E-state index >= 15 is 0 Å². The van der Waals surface area contributed by atoms with Crippen molar-refractivity contribution in [3.63, 3.8) is 0 Å². The van der Waals surface area contributed by atoms with Crippen molar-refractivity contribution in [2.45, 2.75) is 16.6 Å². The maximum atomic E-state index is 13.3. The van der Waals surface area contributed by atoms with Crippen molar-refractivity contribution in [2.75, 3.05) is 10.6 Å². The molecular weight excluding hydrogens is 508 g/mol. The summed E-state index contributed by atoms with van der Waals surface area (Å²) in [5.74, 6) is -1.58. The maximum absolute atomic E-state index is 13.3. The molecule has 0 aliphatic rings.